The molecule has 0 aliphatic carbocycles. The Labute approximate surface area is 196 Å². The van der Waals surface area contributed by atoms with Crippen LogP contribution in [-0.4, -0.2) is 30.9 Å². The fourth-order valence-corrected chi connectivity index (χ4v) is 5.77. The molecule has 0 atom stereocenters. The van der Waals surface area contributed by atoms with Crippen molar-refractivity contribution in [1.29, 1.82) is 0 Å². The van der Waals surface area contributed by atoms with E-state index >= 15 is 0 Å². The van der Waals surface area contributed by atoms with Gasteiger partial charge < -0.3 is 0 Å². The molecule has 1 aromatic carbocycles. The number of hydrogen-bond acceptors (Lipinski definition) is 8. The second kappa shape index (κ2) is 8.81. The van der Waals surface area contributed by atoms with Crippen LogP contribution in [-0.2, 0) is 12.8 Å². The molecule has 5 rings (SSSR count). The van der Waals surface area contributed by atoms with Crippen molar-refractivity contribution in [2.24, 2.45) is 7.05 Å². The Morgan fingerprint density at radius 2 is 2.00 bits per heavy atom. The number of aromatic nitrogens is 5. The van der Waals surface area contributed by atoms with Gasteiger partial charge in [0.05, 0.1) is 27.2 Å². The molecular formula is C22H18N6OS3. The largest absolute Gasteiger partial charge is 0.296 e. The first-order valence-corrected chi connectivity index (χ1v) is 12.5. The highest BCUT2D eigenvalue weighted by molar-refractivity contribution is 8.00. The van der Waals surface area contributed by atoms with Crippen molar-refractivity contribution >= 4 is 56.5 Å². The van der Waals surface area contributed by atoms with Crippen LogP contribution < -0.4 is 5.32 Å². The number of hydrogen-bond donors (Lipinski definition) is 1. The first kappa shape index (κ1) is 20.8. The molecular weight excluding hydrogens is 460 g/mol. The van der Waals surface area contributed by atoms with Crippen LogP contribution in [0.15, 0.2) is 58.3 Å². The lowest BCUT2D eigenvalue weighted by Crippen LogP contribution is -2.13. The molecule has 0 unspecified atom stereocenters. The van der Waals surface area contributed by atoms with Crippen LogP contribution in [0, 0.1) is 6.92 Å². The molecule has 0 saturated carbocycles. The number of rotatable bonds is 6. The van der Waals surface area contributed by atoms with Crippen molar-refractivity contribution < 1.29 is 4.79 Å². The fraction of sp³-hybridized carbons (Fsp3) is 0.136. The summed E-state index contributed by atoms with van der Waals surface area (Å²) < 4.78 is 2.52. The zero-order chi connectivity index (χ0) is 22.1. The number of nitrogens with zero attached hydrogens (tertiary/aromatic N) is 5. The summed E-state index contributed by atoms with van der Waals surface area (Å²) in [6.07, 6.45) is 0. The molecule has 32 heavy (non-hydrogen) atoms. The van der Waals surface area contributed by atoms with Crippen LogP contribution >= 0.6 is 34.4 Å². The topological polar surface area (TPSA) is 85.6 Å². The number of carbonyl (C=O) groups is 1. The molecule has 0 saturated heterocycles. The highest BCUT2D eigenvalue weighted by Crippen LogP contribution is 2.31. The molecule has 160 valence electrons. The van der Waals surface area contributed by atoms with E-state index in [1.807, 2.05) is 55.7 Å². The van der Waals surface area contributed by atoms with Crippen molar-refractivity contribution in [2.75, 3.05) is 5.32 Å². The first-order valence-electron chi connectivity index (χ1n) is 9.78. The molecule has 0 radical (unpaired) electrons. The maximum atomic E-state index is 13.3. The maximum absolute atomic E-state index is 13.3. The summed E-state index contributed by atoms with van der Waals surface area (Å²) >= 11 is 4.55. The molecule has 0 aliphatic heterocycles. The summed E-state index contributed by atoms with van der Waals surface area (Å²) in [6, 6.07) is 16.0. The number of fused-ring (bicyclic) bond motifs is 1. The van der Waals surface area contributed by atoms with Gasteiger partial charge >= 0.3 is 0 Å². The van der Waals surface area contributed by atoms with E-state index in [9.17, 15) is 4.79 Å². The summed E-state index contributed by atoms with van der Waals surface area (Å²) in [6.45, 7) is 1.88. The number of benzene rings is 1. The number of anilines is 1. The van der Waals surface area contributed by atoms with Gasteiger partial charge in [-0.15, -0.1) is 21.5 Å². The monoisotopic (exact) mass is 478 g/mol. The molecule has 4 aromatic heterocycles. The number of amides is 1. The third kappa shape index (κ3) is 4.16. The lowest BCUT2D eigenvalue weighted by atomic mass is 10.1. The van der Waals surface area contributed by atoms with Gasteiger partial charge in [0.25, 0.3) is 5.91 Å². The Kier molecular flexibility index (Phi) is 5.73. The van der Waals surface area contributed by atoms with Gasteiger partial charge in [-0.3, -0.25) is 14.8 Å². The van der Waals surface area contributed by atoms with E-state index in [0.717, 1.165) is 31.7 Å². The third-order valence-electron chi connectivity index (χ3n) is 4.82. The van der Waals surface area contributed by atoms with Crippen LogP contribution in [0.25, 0.3) is 21.6 Å². The summed E-state index contributed by atoms with van der Waals surface area (Å²) in [5, 5.41) is 18.9. The van der Waals surface area contributed by atoms with Gasteiger partial charge in [-0.1, -0.05) is 59.5 Å². The second-order valence-corrected chi connectivity index (χ2v) is 10.2. The Morgan fingerprint density at radius 1 is 1.16 bits per heavy atom. The van der Waals surface area contributed by atoms with Gasteiger partial charge in [0, 0.05) is 12.8 Å². The zero-order valence-corrected chi connectivity index (χ0v) is 19.7. The number of thiophene rings is 1. The van der Waals surface area contributed by atoms with E-state index in [1.165, 1.54) is 16.9 Å². The van der Waals surface area contributed by atoms with Crippen LogP contribution in [0.4, 0.5) is 5.13 Å². The Hall–Kier alpha value is -3.08. The quantitative estimate of drug-likeness (QED) is 0.260. The minimum atomic E-state index is -0.248. The van der Waals surface area contributed by atoms with Gasteiger partial charge in [-0.2, -0.15) is 5.10 Å². The summed E-state index contributed by atoms with van der Waals surface area (Å²) in [5.74, 6) is 0.551. The van der Waals surface area contributed by atoms with Crippen LogP contribution in [0.5, 0.6) is 0 Å². The number of aryl methyl sites for hydroxylation is 2. The summed E-state index contributed by atoms with van der Waals surface area (Å²) in [4.78, 5) is 19.0. The molecule has 0 aliphatic rings. The average molecular weight is 479 g/mol. The average Bonchev–Trinajstić information content (AvgIpc) is 3.54. The van der Waals surface area contributed by atoms with Crippen LogP contribution in [0.3, 0.4) is 0 Å². The summed E-state index contributed by atoms with van der Waals surface area (Å²) in [5.41, 5.74) is 3.92. The van der Waals surface area contributed by atoms with Crippen LogP contribution in [0.1, 0.15) is 21.6 Å². The Morgan fingerprint density at radius 3 is 2.78 bits per heavy atom. The SMILES string of the molecule is Cc1nn(C)c2nc(-c3cccs3)cc(C(=O)Nc3nnc(SCc4ccccc4)s3)c12. The standard InChI is InChI=1S/C22H18N6OS3/c1-13-18-15(11-16(17-9-6-10-30-17)23-19(18)28(2)27-13)20(29)24-21-25-26-22(32-21)31-12-14-7-4-3-5-8-14/h3-11H,12H2,1-2H3,(H,24,25,29). The number of pyridine rings is 1. The van der Waals surface area contributed by atoms with Crippen molar-refractivity contribution in [3.63, 3.8) is 0 Å². The minimum Gasteiger partial charge on any atom is -0.296 e. The smallest absolute Gasteiger partial charge is 0.258 e. The van der Waals surface area contributed by atoms with E-state index in [-0.39, 0.29) is 5.91 Å². The molecule has 0 fully saturated rings. The van der Waals surface area contributed by atoms with E-state index in [0.29, 0.717) is 16.3 Å². The maximum Gasteiger partial charge on any atom is 0.258 e. The van der Waals surface area contributed by atoms with Crippen LogP contribution in [0.2, 0.25) is 0 Å². The predicted molar refractivity (Wildman–Crippen MR) is 130 cm³/mol. The molecule has 0 spiro atoms. The van der Waals surface area contributed by atoms with E-state index in [2.05, 4.69) is 32.7 Å². The Balaban J connectivity index is 1.41. The van der Waals surface area contributed by atoms with Crippen molar-refractivity contribution in [3.05, 3.63) is 70.7 Å². The molecule has 10 heteroatoms. The van der Waals surface area contributed by atoms with E-state index in [1.54, 1.807) is 27.8 Å². The normalized spacial score (nSPS) is 11.2. The highest BCUT2D eigenvalue weighted by Gasteiger charge is 2.20. The van der Waals surface area contributed by atoms with E-state index < -0.39 is 0 Å². The lowest BCUT2D eigenvalue weighted by Gasteiger charge is -2.07. The number of nitrogens with one attached hydrogen (secondary N) is 1. The zero-order valence-electron chi connectivity index (χ0n) is 17.3. The second-order valence-electron chi connectivity index (χ2n) is 7.04. The number of carbonyl (C=O) groups excluding carboxylic acids is 1. The first-order chi connectivity index (χ1) is 15.6. The lowest BCUT2D eigenvalue weighted by molar-refractivity contribution is 0.102. The van der Waals surface area contributed by atoms with Gasteiger partial charge in [0.2, 0.25) is 5.13 Å². The molecule has 4 heterocycles. The summed E-state index contributed by atoms with van der Waals surface area (Å²) in [7, 11) is 1.84. The molecule has 1 amide bonds. The minimum absolute atomic E-state index is 0.248. The predicted octanol–water partition coefficient (Wildman–Crippen LogP) is 5.40. The molecule has 0 bridgehead atoms. The van der Waals surface area contributed by atoms with Gasteiger partial charge in [0.1, 0.15) is 0 Å². The highest BCUT2D eigenvalue weighted by atomic mass is 32.2. The van der Waals surface area contributed by atoms with Gasteiger partial charge in [-0.25, -0.2) is 4.98 Å². The van der Waals surface area contributed by atoms with E-state index in [4.69, 9.17) is 4.98 Å². The molecule has 1 N–H and O–H groups in total. The molecule has 7 nitrogen and oxygen atoms in total. The van der Waals surface area contributed by atoms with Gasteiger partial charge in [-0.05, 0) is 30.0 Å². The van der Waals surface area contributed by atoms with Crippen molar-refractivity contribution in [3.8, 4) is 10.6 Å². The number of thioether (sulfide) groups is 1. The van der Waals surface area contributed by atoms with Crippen molar-refractivity contribution in [2.45, 2.75) is 17.0 Å². The van der Waals surface area contributed by atoms with Gasteiger partial charge in [0.15, 0.2) is 9.99 Å². The molecule has 5 aromatic rings. The van der Waals surface area contributed by atoms with Crippen molar-refractivity contribution in [1.82, 2.24) is 25.0 Å². The Bertz CT molecular complexity index is 1390. The fourth-order valence-electron chi connectivity index (χ4n) is 3.38. The third-order valence-corrected chi connectivity index (χ3v) is 7.75.